The second-order valence-corrected chi connectivity index (χ2v) is 2.49. The van der Waals surface area contributed by atoms with Crippen LogP contribution in [-0.2, 0) is 4.74 Å². The number of ether oxygens (including phenoxy) is 1. The predicted octanol–water partition coefficient (Wildman–Crippen LogP) is 2.66. The first-order valence-electron chi connectivity index (χ1n) is 3.56. The van der Waals surface area contributed by atoms with Crippen molar-refractivity contribution in [3.63, 3.8) is 0 Å². The summed E-state index contributed by atoms with van der Waals surface area (Å²) in [7, 11) is 0. The third-order valence-corrected chi connectivity index (χ3v) is 1.29. The fourth-order valence-corrected chi connectivity index (χ4v) is 0.813. The highest BCUT2D eigenvalue weighted by molar-refractivity contribution is 4.48. The fourth-order valence-electron chi connectivity index (χ4n) is 0.813. The number of hydrogen-bond donors (Lipinski definition) is 0. The van der Waals surface area contributed by atoms with Gasteiger partial charge in [0, 0.05) is 0 Å². The molecule has 0 aliphatic rings. The van der Waals surface area contributed by atoms with Gasteiger partial charge in [-0.05, 0) is 12.3 Å². The summed E-state index contributed by atoms with van der Waals surface area (Å²) in [6.07, 6.45) is 1.97. The topological polar surface area (TPSA) is 9.23 Å². The molecule has 0 N–H and O–H groups in total. The molecule has 1 nitrogen and oxygen atoms in total. The lowest BCUT2D eigenvalue weighted by Crippen LogP contribution is -2.08. The van der Waals surface area contributed by atoms with Gasteiger partial charge in [0.1, 0.15) is 0 Å². The molecule has 10 heavy (non-hydrogen) atoms. The third-order valence-electron chi connectivity index (χ3n) is 1.29. The Kier molecular flexibility index (Phi) is 5.49. The minimum atomic E-state index is -2.61. The van der Waals surface area contributed by atoms with Crippen LogP contribution < -0.4 is 0 Å². The van der Waals surface area contributed by atoms with Crippen molar-refractivity contribution in [2.24, 2.45) is 5.92 Å². The summed E-state index contributed by atoms with van der Waals surface area (Å²) in [4.78, 5) is 0. The molecular weight excluding hydrogens is 138 g/mol. The molecule has 0 radical (unpaired) electrons. The maximum absolute atomic E-state index is 11.4. The van der Waals surface area contributed by atoms with Crippen molar-refractivity contribution >= 4 is 0 Å². The van der Waals surface area contributed by atoms with Gasteiger partial charge in [0.15, 0.2) is 0 Å². The molecule has 0 fully saturated rings. The molecular formula is C7H14F2O. The minimum absolute atomic E-state index is 0.172. The van der Waals surface area contributed by atoms with Crippen molar-refractivity contribution < 1.29 is 13.5 Å². The van der Waals surface area contributed by atoms with E-state index in [1.165, 1.54) is 0 Å². The lowest BCUT2D eigenvalue weighted by atomic mass is 10.1. The monoisotopic (exact) mass is 152 g/mol. The summed E-state index contributed by atoms with van der Waals surface area (Å²) in [6, 6.07) is 0. The van der Waals surface area contributed by atoms with Crippen molar-refractivity contribution in [3.8, 4) is 0 Å². The zero-order valence-electron chi connectivity index (χ0n) is 6.44. The van der Waals surface area contributed by atoms with Gasteiger partial charge in [0.25, 0.3) is 0 Å². The van der Waals surface area contributed by atoms with E-state index in [-0.39, 0.29) is 12.5 Å². The molecule has 0 aliphatic carbocycles. The third kappa shape index (κ3) is 5.95. The lowest BCUT2D eigenvalue weighted by molar-refractivity contribution is -0.137. The molecule has 0 bridgehead atoms. The summed E-state index contributed by atoms with van der Waals surface area (Å²) >= 11 is 0. The van der Waals surface area contributed by atoms with Crippen molar-refractivity contribution in [1.29, 1.82) is 0 Å². The molecule has 0 spiro atoms. The maximum Gasteiger partial charge on any atom is 0.345 e. The van der Waals surface area contributed by atoms with Gasteiger partial charge in [-0.1, -0.05) is 20.3 Å². The zero-order valence-corrected chi connectivity index (χ0v) is 6.44. The first kappa shape index (κ1) is 9.82. The highest BCUT2D eigenvalue weighted by Gasteiger charge is 2.05. The van der Waals surface area contributed by atoms with Crippen LogP contribution in [0.15, 0.2) is 0 Å². The van der Waals surface area contributed by atoms with Crippen LogP contribution >= 0.6 is 0 Å². The van der Waals surface area contributed by atoms with Crippen LogP contribution in [0.2, 0.25) is 0 Å². The number of halogens is 2. The van der Waals surface area contributed by atoms with Gasteiger partial charge in [-0.15, -0.1) is 0 Å². The van der Waals surface area contributed by atoms with Gasteiger partial charge in [-0.2, -0.15) is 8.78 Å². The van der Waals surface area contributed by atoms with E-state index in [9.17, 15) is 8.78 Å². The van der Waals surface area contributed by atoms with Crippen LogP contribution in [0, 0.1) is 5.92 Å². The van der Waals surface area contributed by atoms with Gasteiger partial charge < -0.3 is 4.74 Å². The Morgan fingerprint density at radius 3 is 2.40 bits per heavy atom. The Morgan fingerprint density at radius 1 is 1.40 bits per heavy atom. The van der Waals surface area contributed by atoms with Gasteiger partial charge >= 0.3 is 6.61 Å². The fraction of sp³-hybridized carbons (Fsp3) is 1.00. The zero-order chi connectivity index (χ0) is 7.98. The van der Waals surface area contributed by atoms with Crippen molar-refractivity contribution in [1.82, 2.24) is 0 Å². The second-order valence-electron chi connectivity index (χ2n) is 2.49. The van der Waals surface area contributed by atoms with E-state index in [4.69, 9.17) is 0 Å². The average molecular weight is 152 g/mol. The molecule has 3 heteroatoms. The quantitative estimate of drug-likeness (QED) is 0.588. The average Bonchev–Trinajstić information content (AvgIpc) is 1.85. The molecule has 0 aromatic heterocycles. The van der Waals surface area contributed by atoms with Crippen molar-refractivity contribution in [2.75, 3.05) is 6.61 Å². The number of alkyl halides is 2. The standard InChI is InChI=1S/C7H14F2O/c1-3-4-6(2)5-10-7(8)9/h6-7H,3-5H2,1-2H3. The van der Waals surface area contributed by atoms with E-state index in [0.717, 1.165) is 12.8 Å². The molecule has 0 amide bonds. The highest BCUT2D eigenvalue weighted by atomic mass is 19.3. The van der Waals surface area contributed by atoms with Crippen molar-refractivity contribution in [3.05, 3.63) is 0 Å². The molecule has 0 saturated carbocycles. The molecule has 0 aliphatic heterocycles. The largest absolute Gasteiger partial charge is 0.345 e. The molecule has 1 atom stereocenters. The van der Waals surface area contributed by atoms with E-state index < -0.39 is 6.61 Å². The first-order chi connectivity index (χ1) is 4.66. The minimum Gasteiger partial charge on any atom is -0.323 e. The normalized spacial score (nSPS) is 14.1. The van der Waals surface area contributed by atoms with E-state index >= 15 is 0 Å². The van der Waals surface area contributed by atoms with Crippen LogP contribution in [0.25, 0.3) is 0 Å². The van der Waals surface area contributed by atoms with E-state index in [2.05, 4.69) is 4.74 Å². The maximum atomic E-state index is 11.4. The van der Waals surface area contributed by atoms with Crippen LogP contribution in [0.5, 0.6) is 0 Å². The Morgan fingerprint density at radius 2 is 2.00 bits per heavy atom. The summed E-state index contributed by atoms with van der Waals surface area (Å²) in [5, 5.41) is 0. The molecule has 1 unspecified atom stereocenters. The summed E-state index contributed by atoms with van der Waals surface area (Å²) < 4.78 is 26.9. The molecule has 0 rings (SSSR count). The van der Waals surface area contributed by atoms with Gasteiger partial charge in [-0.3, -0.25) is 0 Å². The van der Waals surface area contributed by atoms with Crippen LogP contribution in [0.4, 0.5) is 8.78 Å². The second kappa shape index (κ2) is 5.59. The Bertz CT molecular complexity index is 76.0. The van der Waals surface area contributed by atoms with Gasteiger partial charge in [0.05, 0.1) is 6.61 Å². The van der Waals surface area contributed by atoms with Crippen LogP contribution in [-0.4, -0.2) is 13.2 Å². The highest BCUT2D eigenvalue weighted by Crippen LogP contribution is 2.07. The van der Waals surface area contributed by atoms with E-state index in [1.807, 2.05) is 13.8 Å². The first-order valence-corrected chi connectivity index (χ1v) is 3.56. The predicted molar refractivity (Wildman–Crippen MR) is 36.0 cm³/mol. The van der Waals surface area contributed by atoms with Crippen LogP contribution in [0.1, 0.15) is 26.7 Å². The SMILES string of the molecule is CCCC(C)COC(F)F. The van der Waals surface area contributed by atoms with Gasteiger partial charge in [-0.25, -0.2) is 0 Å². The lowest BCUT2D eigenvalue weighted by Gasteiger charge is -2.08. The Balaban J connectivity index is 3.12. The number of hydrogen-bond acceptors (Lipinski definition) is 1. The van der Waals surface area contributed by atoms with Crippen LogP contribution in [0.3, 0.4) is 0 Å². The molecule has 0 aromatic rings. The summed E-state index contributed by atoms with van der Waals surface area (Å²) in [5.74, 6) is 0.249. The Hall–Kier alpha value is -0.180. The van der Waals surface area contributed by atoms with E-state index in [1.54, 1.807) is 0 Å². The molecule has 0 saturated heterocycles. The summed E-state index contributed by atoms with van der Waals surface area (Å²) in [5.41, 5.74) is 0. The van der Waals surface area contributed by atoms with Crippen molar-refractivity contribution in [2.45, 2.75) is 33.3 Å². The van der Waals surface area contributed by atoms with Gasteiger partial charge in [0.2, 0.25) is 0 Å². The van der Waals surface area contributed by atoms with E-state index in [0.29, 0.717) is 0 Å². The number of rotatable bonds is 5. The molecule has 62 valence electrons. The Labute approximate surface area is 60.4 Å². The molecule has 0 aromatic carbocycles. The smallest absolute Gasteiger partial charge is 0.323 e. The summed E-state index contributed by atoms with van der Waals surface area (Å²) in [6.45, 7) is 1.50. The molecule has 0 heterocycles.